The maximum absolute atomic E-state index is 5.73. The molecule has 0 fully saturated rings. The molecule has 1 unspecified atom stereocenters. The summed E-state index contributed by atoms with van der Waals surface area (Å²) in [5, 5.41) is 0. The molecule has 0 aromatic carbocycles. The number of aromatic nitrogens is 2. The summed E-state index contributed by atoms with van der Waals surface area (Å²) in [6.45, 7) is 7.10. The van der Waals surface area contributed by atoms with Crippen LogP contribution in [0.1, 0.15) is 32.9 Å². The van der Waals surface area contributed by atoms with Crippen molar-refractivity contribution in [3.05, 3.63) is 18.2 Å². The molecule has 0 aliphatic carbocycles. The number of nitrogens with two attached hydrogens (primary N) is 1. The predicted octanol–water partition coefficient (Wildman–Crippen LogP) is 1.59. The Hall–Kier alpha value is -0.870. The largest absolute Gasteiger partial charge is 0.379 e. The molecule has 0 radical (unpaired) electrons. The highest BCUT2D eigenvalue weighted by molar-refractivity contribution is 4.98. The van der Waals surface area contributed by atoms with Crippen LogP contribution in [-0.4, -0.2) is 28.3 Å². The minimum Gasteiger partial charge on any atom is -0.379 e. The normalized spacial score (nSPS) is 14.1. The fourth-order valence-electron chi connectivity index (χ4n) is 1.46. The smallest absolute Gasteiger partial charge is 0.0949 e. The first-order valence-corrected chi connectivity index (χ1v) is 5.74. The van der Waals surface area contributed by atoms with Crippen LogP contribution in [-0.2, 0) is 17.7 Å². The van der Waals surface area contributed by atoms with Crippen molar-refractivity contribution < 1.29 is 4.74 Å². The maximum Gasteiger partial charge on any atom is 0.0949 e. The fraction of sp³-hybridized carbons (Fsp3) is 0.750. The number of hydrogen-bond acceptors (Lipinski definition) is 3. The molecule has 0 aliphatic heterocycles. The van der Waals surface area contributed by atoms with Crippen LogP contribution >= 0.6 is 0 Å². The third-order valence-corrected chi connectivity index (χ3v) is 2.74. The number of ether oxygens (including phenoxy) is 1. The Bertz CT molecular complexity index is 318. The third-order valence-electron chi connectivity index (χ3n) is 2.74. The summed E-state index contributed by atoms with van der Waals surface area (Å²) in [5.41, 5.74) is 6.71. The third kappa shape index (κ3) is 4.33. The molecule has 0 saturated carbocycles. The molecule has 1 rings (SSSR count). The van der Waals surface area contributed by atoms with Crippen LogP contribution in [0, 0.1) is 0 Å². The molecule has 0 aliphatic rings. The van der Waals surface area contributed by atoms with Gasteiger partial charge in [0.1, 0.15) is 0 Å². The van der Waals surface area contributed by atoms with Crippen molar-refractivity contribution in [3.63, 3.8) is 0 Å². The minimum atomic E-state index is -0.0778. The van der Waals surface area contributed by atoms with Crippen LogP contribution in [0.15, 0.2) is 12.5 Å². The Morgan fingerprint density at radius 1 is 1.56 bits per heavy atom. The van der Waals surface area contributed by atoms with E-state index in [9.17, 15) is 0 Å². The summed E-state index contributed by atoms with van der Waals surface area (Å²) in [4.78, 5) is 4.32. The zero-order chi connectivity index (χ0) is 12.2. The number of imidazole rings is 1. The highest BCUT2D eigenvalue weighted by atomic mass is 16.5. The summed E-state index contributed by atoms with van der Waals surface area (Å²) in [6, 6.07) is 0.166. The quantitative estimate of drug-likeness (QED) is 0.800. The van der Waals surface area contributed by atoms with Gasteiger partial charge in [0.2, 0.25) is 0 Å². The number of hydrogen-bond donors (Lipinski definition) is 1. The molecule has 0 spiro atoms. The van der Waals surface area contributed by atoms with E-state index in [1.54, 1.807) is 7.11 Å². The van der Waals surface area contributed by atoms with Crippen LogP contribution in [0.2, 0.25) is 0 Å². The number of aryl methyl sites for hydroxylation is 1. The summed E-state index contributed by atoms with van der Waals surface area (Å²) < 4.78 is 7.47. The molecule has 0 bridgehead atoms. The van der Waals surface area contributed by atoms with Crippen molar-refractivity contribution in [2.75, 3.05) is 7.11 Å². The van der Waals surface area contributed by atoms with Crippen LogP contribution in [0.25, 0.3) is 0 Å². The van der Waals surface area contributed by atoms with E-state index in [0.717, 1.165) is 25.1 Å². The van der Waals surface area contributed by atoms with E-state index in [-0.39, 0.29) is 11.6 Å². The molecule has 92 valence electrons. The molecular formula is C12H23N3O. The first kappa shape index (κ1) is 13.2. The van der Waals surface area contributed by atoms with E-state index in [1.165, 1.54) is 0 Å². The molecule has 0 saturated heterocycles. The summed E-state index contributed by atoms with van der Waals surface area (Å²) in [5.74, 6) is 0. The molecule has 1 aromatic rings. The average Bonchev–Trinajstić information content (AvgIpc) is 2.62. The monoisotopic (exact) mass is 225 g/mol. The van der Waals surface area contributed by atoms with Gasteiger partial charge in [-0.3, -0.25) is 0 Å². The van der Waals surface area contributed by atoms with Gasteiger partial charge in [-0.15, -0.1) is 0 Å². The molecule has 1 aromatic heterocycles. The Morgan fingerprint density at radius 3 is 2.81 bits per heavy atom. The highest BCUT2D eigenvalue weighted by Crippen LogP contribution is 2.14. The molecule has 1 heterocycles. The Labute approximate surface area is 97.8 Å². The molecule has 0 amide bonds. The van der Waals surface area contributed by atoms with E-state index in [1.807, 2.05) is 13.3 Å². The summed E-state index contributed by atoms with van der Waals surface area (Å²) in [7, 11) is 1.75. The van der Waals surface area contributed by atoms with Gasteiger partial charge >= 0.3 is 0 Å². The van der Waals surface area contributed by atoms with E-state index in [2.05, 4.69) is 29.6 Å². The van der Waals surface area contributed by atoms with Crippen LogP contribution in [0.3, 0.4) is 0 Å². The van der Waals surface area contributed by atoms with E-state index < -0.39 is 0 Å². The predicted molar refractivity (Wildman–Crippen MR) is 65.3 cm³/mol. The van der Waals surface area contributed by atoms with Crippen molar-refractivity contribution in [3.8, 4) is 0 Å². The van der Waals surface area contributed by atoms with Gasteiger partial charge < -0.3 is 15.0 Å². The van der Waals surface area contributed by atoms with E-state index >= 15 is 0 Å². The second-order valence-electron chi connectivity index (χ2n) is 5.00. The lowest BCUT2D eigenvalue weighted by Crippen LogP contribution is -2.24. The van der Waals surface area contributed by atoms with Gasteiger partial charge in [0.25, 0.3) is 0 Å². The SMILES string of the molecule is COC(C)(C)CCn1cnc(CC(C)N)c1. The van der Waals surface area contributed by atoms with Gasteiger partial charge in [-0.25, -0.2) is 4.98 Å². The zero-order valence-electron chi connectivity index (χ0n) is 10.7. The number of rotatable bonds is 6. The fourth-order valence-corrected chi connectivity index (χ4v) is 1.46. The van der Waals surface area contributed by atoms with Gasteiger partial charge in [0.15, 0.2) is 0 Å². The van der Waals surface area contributed by atoms with Gasteiger partial charge in [-0.1, -0.05) is 0 Å². The van der Waals surface area contributed by atoms with Gasteiger partial charge in [-0.2, -0.15) is 0 Å². The Morgan fingerprint density at radius 2 is 2.25 bits per heavy atom. The van der Waals surface area contributed by atoms with Crippen molar-refractivity contribution in [2.24, 2.45) is 5.73 Å². The molecule has 4 nitrogen and oxygen atoms in total. The second kappa shape index (κ2) is 5.46. The van der Waals surface area contributed by atoms with E-state index in [0.29, 0.717) is 0 Å². The highest BCUT2D eigenvalue weighted by Gasteiger charge is 2.15. The van der Waals surface area contributed by atoms with Gasteiger partial charge in [-0.05, 0) is 27.2 Å². The Balaban J connectivity index is 2.46. The molecule has 16 heavy (non-hydrogen) atoms. The minimum absolute atomic E-state index is 0.0778. The van der Waals surface area contributed by atoms with E-state index in [4.69, 9.17) is 10.5 Å². The second-order valence-corrected chi connectivity index (χ2v) is 5.00. The van der Waals surface area contributed by atoms with Crippen LogP contribution in [0.5, 0.6) is 0 Å². The van der Waals surface area contributed by atoms with Gasteiger partial charge in [0.05, 0.1) is 17.6 Å². The molecular weight excluding hydrogens is 202 g/mol. The van der Waals surface area contributed by atoms with Crippen molar-refractivity contribution >= 4 is 0 Å². The van der Waals surface area contributed by atoms with Gasteiger partial charge in [0, 0.05) is 32.3 Å². The lowest BCUT2D eigenvalue weighted by molar-refractivity contribution is 0.0120. The summed E-state index contributed by atoms with van der Waals surface area (Å²) in [6.07, 6.45) is 5.73. The summed E-state index contributed by atoms with van der Waals surface area (Å²) >= 11 is 0. The maximum atomic E-state index is 5.73. The van der Waals surface area contributed by atoms with Crippen LogP contribution < -0.4 is 5.73 Å². The first-order chi connectivity index (χ1) is 7.43. The Kier molecular flexibility index (Phi) is 4.50. The lowest BCUT2D eigenvalue weighted by Gasteiger charge is -2.22. The average molecular weight is 225 g/mol. The molecule has 4 heteroatoms. The standard InChI is InChI=1S/C12H23N3O/c1-10(13)7-11-8-15(9-14-11)6-5-12(2,3)16-4/h8-10H,5-7,13H2,1-4H3. The topological polar surface area (TPSA) is 53.1 Å². The van der Waals surface area contributed by atoms with Crippen LogP contribution in [0.4, 0.5) is 0 Å². The molecule has 1 atom stereocenters. The lowest BCUT2D eigenvalue weighted by atomic mass is 10.1. The number of nitrogens with zero attached hydrogens (tertiary/aromatic N) is 2. The van der Waals surface area contributed by atoms with Crippen molar-refractivity contribution in [1.29, 1.82) is 0 Å². The number of methoxy groups -OCH3 is 1. The zero-order valence-corrected chi connectivity index (χ0v) is 10.7. The van der Waals surface area contributed by atoms with Crippen molar-refractivity contribution in [2.45, 2.75) is 51.8 Å². The van der Waals surface area contributed by atoms with Crippen molar-refractivity contribution in [1.82, 2.24) is 9.55 Å². The first-order valence-electron chi connectivity index (χ1n) is 5.74. The molecule has 2 N–H and O–H groups in total.